The molecule has 2 aromatic heterocycles. The minimum Gasteiger partial charge on any atom is -0.347 e. The summed E-state index contributed by atoms with van der Waals surface area (Å²) in [4.78, 5) is 29.8. The van der Waals surface area contributed by atoms with Crippen LogP contribution in [-0.4, -0.2) is 21.2 Å². The van der Waals surface area contributed by atoms with Gasteiger partial charge < -0.3 is 10.6 Å². The molecule has 28 heavy (non-hydrogen) atoms. The molecule has 3 aromatic rings. The van der Waals surface area contributed by atoms with Crippen molar-refractivity contribution in [2.24, 2.45) is 5.92 Å². The summed E-state index contributed by atoms with van der Waals surface area (Å²) in [5.41, 5.74) is 2.34. The molecule has 1 aliphatic carbocycles. The number of carbonyl (C=O) groups excluding carboxylic acids is 2. The van der Waals surface area contributed by atoms with Crippen LogP contribution in [0.15, 0.2) is 48.7 Å². The topological polar surface area (TPSA) is 84.0 Å². The van der Waals surface area contributed by atoms with Crippen LogP contribution in [0, 0.1) is 5.92 Å². The zero-order chi connectivity index (χ0) is 19.5. The number of halogens is 1. The summed E-state index contributed by atoms with van der Waals surface area (Å²) in [6.07, 6.45) is 3.39. The van der Waals surface area contributed by atoms with E-state index in [1.54, 1.807) is 24.4 Å². The van der Waals surface area contributed by atoms with Crippen LogP contribution < -0.4 is 10.6 Å². The summed E-state index contributed by atoms with van der Waals surface area (Å²) < 4.78 is 4.39. The molecular weight excluding hydrogens is 396 g/mol. The summed E-state index contributed by atoms with van der Waals surface area (Å²) in [5, 5.41) is 6.33. The first-order valence-corrected chi connectivity index (χ1v) is 10.0. The number of benzene rings is 1. The molecule has 1 aromatic carbocycles. The van der Waals surface area contributed by atoms with Gasteiger partial charge in [-0.2, -0.15) is 4.37 Å². The third kappa shape index (κ3) is 4.05. The summed E-state index contributed by atoms with van der Waals surface area (Å²) in [5.74, 6) is -0.390. The number of carbonyl (C=O) groups is 2. The van der Waals surface area contributed by atoms with Crippen LogP contribution in [0.25, 0.3) is 11.4 Å². The summed E-state index contributed by atoms with van der Waals surface area (Å²) in [6, 6.07) is 12.8. The van der Waals surface area contributed by atoms with Gasteiger partial charge in [-0.3, -0.25) is 14.6 Å². The molecule has 2 N–H and O–H groups in total. The van der Waals surface area contributed by atoms with Crippen molar-refractivity contribution < 1.29 is 9.59 Å². The van der Waals surface area contributed by atoms with Crippen molar-refractivity contribution in [3.63, 3.8) is 0 Å². The minimum absolute atomic E-state index is 0.00974. The second kappa shape index (κ2) is 8.08. The average molecular weight is 413 g/mol. The molecule has 1 fully saturated rings. The maximum Gasteiger partial charge on any atom is 0.265 e. The van der Waals surface area contributed by atoms with Gasteiger partial charge in [0.15, 0.2) is 0 Å². The van der Waals surface area contributed by atoms with Gasteiger partial charge in [0.1, 0.15) is 10.6 Å². The SMILES string of the molecule is O=C(NCc1ccccc1Cl)c1snc(-c2ccccn2)c1NC(=O)C1CC1. The highest BCUT2D eigenvalue weighted by atomic mass is 35.5. The second-order valence-electron chi connectivity index (χ2n) is 6.49. The fourth-order valence-electron chi connectivity index (χ4n) is 2.71. The zero-order valence-corrected chi connectivity index (χ0v) is 16.4. The van der Waals surface area contributed by atoms with Gasteiger partial charge in [0, 0.05) is 23.7 Å². The summed E-state index contributed by atoms with van der Waals surface area (Å²) in [6.45, 7) is 0.283. The number of hydrogen-bond donors (Lipinski definition) is 2. The van der Waals surface area contributed by atoms with Crippen LogP contribution in [0.5, 0.6) is 0 Å². The van der Waals surface area contributed by atoms with Gasteiger partial charge in [-0.1, -0.05) is 35.9 Å². The molecule has 6 nitrogen and oxygen atoms in total. The first-order chi connectivity index (χ1) is 13.6. The lowest BCUT2D eigenvalue weighted by Crippen LogP contribution is -2.24. The molecule has 142 valence electrons. The number of hydrogen-bond acceptors (Lipinski definition) is 5. The van der Waals surface area contributed by atoms with E-state index >= 15 is 0 Å². The van der Waals surface area contributed by atoms with Gasteiger partial charge in [-0.25, -0.2) is 0 Å². The highest BCUT2D eigenvalue weighted by Gasteiger charge is 2.32. The van der Waals surface area contributed by atoms with Gasteiger partial charge in [0.2, 0.25) is 5.91 Å². The molecule has 1 aliphatic rings. The molecule has 4 rings (SSSR count). The smallest absolute Gasteiger partial charge is 0.265 e. The number of pyridine rings is 1. The second-order valence-corrected chi connectivity index (χ2v) is 7.67. The van der Waals surface area contributed by atoms with Crippen LogP contribution in [-0.2, 0) is 11.3 Å². The Morgan fingerprint density at radius 1 is 1.14 bits per heavy atom. The molecule has 0 spiro atoms. The van der Waals surface area contributed by atoms with Crippen molar-refractivity contribution >= 4 is 40.6 Å². The molecule has 2 heterocycles. The van der Waals surface area contributed by atoms with Crippen LogP contribution in [0.2, 0.25) is 5.02 Å². The zero-order valence-electron chi connectivity index (χ0n) is 14.8. The molecule has 0 aliphatic heterocycles. The third-order valence-corrected chi connectivity index (χ3v) is 5.61. The highest BCUT2D eigenvalue weighted by Crippen LogP contribution is 2.36. The van der Waals surface area contributed by atoms with E-state index in [1.165, 1.54) is 0 Å². The van der Waals surface area contributed by atoms with E-state index in [4.69, 9.17) is 11.6 Å². The normalized spacial score (nSPS) is 13.2. The van der Waals surface area contributed by atoms with Gasteiger partial charge in [0.05, 0.1) is 11.4 Å². The molecule has 1 saturated carbocycles. The Hall–Kier alpha value is -2.77. The van der Waals surface area contributed by atoms with Crippen LogP contribution in [0.1, 0.15) is 28.1 Å². The molecular formula is C20H17ClN4O2S. The lowest BCUT2D eigenvalue weighted by molar-refractivity contribution is -0.117. The number of aromatic nitrogens is 2. The predicted molar refractivity (Wildman–Crippen MR) is 109 cm³/mol. The molecule has 0 saturated heterocycles. The van der Waals surface area contributed by atoms with Crippen LogP contribution in [0.3, 0.4) is 0 Å². The predicted octanol–water partition coefficient (Wildman–Crippen LogP) is 4.14. The first kappa shape index (κ1) is 18.6. The van der Waals surface area contributed by atoms with Gasteiger partial charge in [-0.15, -0.1) is 0 Å². The molecule has 0 radical (unpaired) electrons. The van der Waals surface area contributed by atoms with Crippen molar-refractivity contribution in [1.82, 2.24) is 14.7 Å². The molecule has 0 atom stereocenters. The Balaban J connectivity index is 1.60. The highest BCUT2D eigenvalue weighted by molar-refractivity contribution is 7.09. The first-order valence-electron chi connectivity index (χ1n) is 8.87. The monoisotopic (exact) mass is 412 g/mol. The van der Waals surface area contributed by atoms with Crippen molar-refractivity contribution in [3.8, 4) is 11.4 Å². The number of anilines is 1. The molecule has 2 amide bonds. The standard InChI is InChI=1S/C20H17ClN4O2S/c21-14-6-2-1-5-13(14)11-23-20(27)18-17(24-19(26)12-8-9-12)16(25-28-18)15-7-3-4-10-22-15/h1-7,10,12H,8-9,11H2,(H,23,27)(H,24,26). The average Bonchev–Trinajstić information content (AvgIpc) is 3.49. The number of nitrogens with one attached hydrogen (secondary N) is 2. The summed E-state index contributed by atoms with van der Waals surface area (Å²) >= 11 is 7.20. The molecule has 0 unspecified atom stereocenters. The maximum atomic E-state index is 12.8. The largest absolute Gasteiger partial charge is 0.347 e. The number of amides is 2. The van der Waals surface area contributed by atoms with Crippen LogP contribution in [0.4, 0.5) is 5.69 Å². The quantitative estimate of drug-likeness (QED) is 0.637. The Bertz CT molecular complexity index is 1020. The Labute approximate surface area is 171 Å². The van der Waals surface area contributed by atoms with E-state index in [-0.39, 0.29) is 24.3 Å². The Kier molecular flexibility index (Phi) is 5.36. The lowest BCUT2D eigenvalue weighted by atomic mass is 10.2. The lowest BCUT2D eigenvalue weighted by Gasteiger charge is -2.09. The molecule has 8 heteroatoms. The number of nitrogens with zero attached hydrogens (tertiary/aromatic N) is 2. The fraction of sp³-hybridized carbons (Fsp3) is 0.200. The van der Waals surface area contributed by atoms with Crippen molar-refractivity contribution in [1.29, 1.82) is 0 Å². The molecule has 0 bridgehead atoms. The number of rotatable bonds is 6. The van der Waals surface area contributed by atoms with Crippen LogP contribution >= 0.6 is 23.1 Å². The van der Waals surface area contributed by atoms with Crippen molar-refractivity contribution in [3.05, 3.63) is 64.1 Å². The van der Waals surface area contributed by atoms with Gasteiger partial charge in [-0.05, 0) is 48.1 Å². The van der Waals surface area contributed by atoms with Crippen molar-refractivity contribution in [2.75, 3.05) is 5.32 Å². The van der Waals surface area contributed by atoms with E-state index in [1.807, 2.05) is 24.3 Å². The maximum absolute atomic E-state index is 12.8. The van der Waals surface area contributed by atoms with E-state index in [0.29, 0.717) is 27.0 Å². The minimum atomic E-state index is -0.314. The Morgan fingerprint density at radius 3 is 2.64 bits per heavy atom. The van der Waals surface area contributed by atoms with E-state index in [0.717, 1.165) is 29.9 Å². The fourth-order valence-corrected chi connectivity index (χ4v) is 3.67. The Morgan fingerprint density at radius 2 is 1.93 bits per heavy atom. The van der Waals surface area contributed by atoms with Crippen molar-refractivity contribution in [2.45, 2.75) is 19.4 Å². The van der Waals surface area contributed by atoms with Gasteiger partial charge in [0.25, 0.3) is 5.91 Å². The van der Waals surface area contributed by atoms with E-state index in [2.05, 4.69) is 20.0 Å². The van der Waals surface area contributed by atoms with E-state index in [9.17, 15) is 9.59 Å². The summed E-state index contributed by atoms with van der Waals surface area (Å²) in [7, 11) is 0. The van der Waals surface area contributed by atoms with E-state index < -0.39 is 0 Å². The third-order valence-electron chi connectivity index (χ3n) is 4.40. The van der Waals surface area contributed by atoms with Gasteiger partial charge >= 0.3 is 0 Å².